The summed E-state index contributed by atoms with van der Waals surface area (Å²) in [5, 5.41) is 2.84. The first-order valence-electron chi connectivity index (χ1n) is 6.77. The predicted molar refractivity (Wildman–Crippen MR) is 78.8 cm³/mol. The summed E-state index contributed by atoms with van der Waals surface area (Å²) in [4.78, 5) is 21.8. The van der Waals surface area contributed by atoms with E-state index in [9.17, 15) is 4.79 Å². The van der Waals surface area contributed by atoms with Crippen molar-refractivity contribution in [3.8, 4) is 5.88 Å². The van der Waals surface area contributed by atoms with E-state index in [1.807, 2.05) is 27.7 Å². The maximum absolute atomic E-state index is 11.8. The van der Waals surface area contributed by atoms with Crippen molar-refractivity contribution in [3.63, 3.8) is 0 Å². The van der Waals surface area contributed by atoms with Crippen molar-refractivity contribution in [1.82, 2.24) is 15.3 Å². The molecule has 0 radical (unpaired) electrons. The van der Waals surface area contributed by atoms with Gasteiger partial charge in [-0.05, 0) is 27.7 Å². The Balaban J connectivity index is 2.89. The minimum atomic E-state index is -0.0715. The van der Waals surface area contributed by atoms with Crippen molar-refractivity contribution in [2.24, 2.45) is 0 Å². The number of nitrogens with one attached hydrogen (secondary N) is 1. The average molecular weight is 281 g/mol. The highest BCUT2D eigenvalue weighted by Crippen LogP contribution is 2.27. The SMILES string of the molecule is CCOc1ncnc(N(CC)CC(=O)NC(C)C)c1N. The molecular formula is C13H23N5O2. The molecule has 0 atom stereocenters. The number of nitrogens with two attached hydrogens (primary N) is 1. The van der Waals surface area contributed by atoms with E-state index < -0.39 is 0 Å². The van der Waals surface area contributed by atoms with Crippen molar-refractivity contribution >= 4 is 17.4 Å². The van der Waals surface area contributed by atoms with Crippen LogP contribution in [0.2, 0.25) is 0 Å². The second kappa shape index (κ2) is 7.52. The number of nitrogens with zero attached hydrogens (tertiary/aromatic N) is 3. The standard InChI is InChI=1S/C13H23N5O2/c1-5-18(7-10(19)17-9(3)4)12-11(14)13(20-6-2)16-8-15-12/h8-9H,5-7,14H2,1-4H3,(H,17,19). The molecule has 0 spiro atoms. The molecular weight excluding hydrogens is 258 g/mol. The quantitative estimate of drug-likeness (QED) is 0.768. The van der Waals surface area contributed by atoms with Crippen LogP contribution in [0.3, 0.4) is 0 Å². The molecule has 1 aromatic rings. The minimum absolute atomic E-state index is 0.0715. The lowest BCUT2D eigenvalue weighted by molar-refractivity contribution is -0.120. The van der Waals surface area contributed by atoms with Gasteiger partial charge in [-0.3, -0.25) is 4.79 Å². The van der Waals surface area contributed by atoms with Crippen LogP contribution in [-0.2, 0) is 4.79 Å². The van der Waals surface area contributed by atoms with E-state index >= 15 is 0 Å². The Kier molecular flexibility index (Phi) is 6.02. The third-order valence-electron chi connectivity index (χ3n) is 2.57. The Labute approximate surface area is 119 Å². The molecule has 1 rings (SSSR count). The Morgan fingerprint density at radius 3 is 2.70 bits per heavy atom. The fraction of sp³-hybridized carbons (Fsp3) is 0.615. The molecule has 3 N–H and O–H groups in total. The summed E-state index contributed by atoms with van der Waals surface area (Å²) in [6, 6.07) is 0.0999. The zero-order chi connectivity index (χ0) is 15.1. The third kappa shape index (κ3) is 4.25. The minimum Gasteiger partial charge on any atom is -0.476 e. The number of hydrogen-bond acceptors (Lipinski definition) is 6. The number of carbonyl (C=O) groups is 1. The van der Waals surface area contributed by atoms with Crippen molar-refractivity contribution in [3.05, 3.63) is 6.33 Å². The van der Waals surface area contributed by atoms with Crippen LogP contribution >= 0.6 is 0 Å². The number of aromatic nitrogens is 2. The van der Waals surface area contributed by atoms with E-state index in [1.165, 1.54) is 6.33 Å². The number of anilines is 2. The lowest BCUT2D eigenvalue weighted by atomic mass is 10.3. The maximum Gasteiger partial charge on any atom is 0.242 e. The van der Waals surface area contributed by atoms with Gasteiger partial charge in [0.25, 0.3) is 0 Å². The maximum atomic E-state index is 11.8. The van der Waals surface area contributed by atoms with E-state index in [2.05, 4.69) is 15.3 Å². The predicted octanol–water partition coefficient (Wildman–Crippen LogP) is 0.808. The molecule has 0 fully saturated rings. The number of likely N-dealkylation sites (N-methyl/N-ethyl adjacent to an activating group) is 1. The first-order valence-corrected chi connectivity index (χ1v) is 6.77. The molecule has 1 heterocycles. The highest BCUT2D eigenvalue weighted by atomic mass is 16.5. The number of amides is 1. The van der Waals surface area contributed by atoms with Gasteiger partial charge in [0, 0.05) is 12.6 Å². The molecule has 112 valence electrons. The van der Waals surface area contributed by atoms with E-state index in [0.717, 1.165) is 0 Å². The number of hydrogen-bond donors (Lipinski definition) is 2. The van der Waals surface area contributed by atoms with E-state index in [1.54, 1.807) is 4.90 Å². The summed E-state index contributed by atoms with van der Waals surface area (Å²) in [5.41, 5.74) is 6.35. The molecule has 0 aliphatic heterocycles. The molecule has 0 saturated carbocycles. The fourth-order valence-corrected chi connectivity index (χ4v) is 1.75. The fourth-order valence-electron chi connectivity index (χ4n) is 1.75. The van der Waals surface area contributed by atoms with Crippen molar-refractivity contribution in [2.45, 2.75) is 33.7 Å². The number of rotatable bonds is 7. The van der Waals surface area contributed by atoms with E-state index in [0.29, 0.717) is 30.5 Å². The lowest BCUT2D eigenvalue weighted by Crippen LogP contribution is -2.40. The van der Waals surface area contributed by atoms with Crippen molar-refractivity contribution in [2.75, 3.05) is 30.3 Å². The smallest absolute Gasteiger partial charge is 0.242 e. The van der Waals surface area contributed by atoms with Gasteiger partial charge in [-0.25, -0.2) is 4.98 Å². The van der Waals surface area contributed by atoms with Crippen LogP contribution in [0, 0.1) is 0 Å². The number of ether oxygens (including phenoxy) is 1. The van der Waals surface area contributed by atoms with Gasteiger partial charge in [-0.1, -0.05) is 0 Å². The van der Waals surface area contributed by atoms with Gasteiger partial charge in [-0.2, -0.15) is 4.98 Å². The Morgan fingerprint density at radius 1 is 1.45 bits per heavy atom. The molecule has 1 aromatic heterocycles. The van der Waals surface area contributed by atoms with Crippen LogP contribution < -0.4 is 20.7 Å². The van der Waals surface area contributed by atoms with Crippen LogP contribution in [0.15, 0.2) is 6.33 Å². The van der Waals surface area contributed by atoms with Crippen LogP contribution in [0.5, 0.6) is 5.88 Å². The molecule has 0 aromatic carbocycles. The molecule has 0 bridgehead atoms. The lowest BCUT2D eigenvalue weighted by Gasteiger charge is -2.23. The average Bonchev–Trinajstić information content (AvgIpc) is 2.38. The largest absolute Gasteiger partial charge is 0.476 e. The molecule has 0 aliphatic rings. The first-order chi connectivity index (χ1) is 9.49. The topological polar surface area (TPSA) is 93.4 Å². The first kappa shape index (κ1) is 16.0. The summed E-state index contributed by atoms with van der Waals surface area (Å²) in [7, 11) is 0. The third-order valence-corrected chi connectivity index (χ3v) is 2.57. The highest BCUT2D eigenvalue weighted by Gasteiger charge is 2.17. The monoisotopic (exact) mass is 281 g/mol. The van der Waals surface area contributed by atoms with E-state index in [-0.39, 0.29) is 18.5 Å². The van der Waals surface area contributed by atoms with Crippen LogP contribution in [-0.4, -0.2) is 41.6 Å². The number of carbonyl (C=O) groups excluding carboxylic acids is 1. The second-order valence-corrected chi connectivity index (χ2v) is 4.59. The van der Waals surface area contributed by atoms with Gasteiger partial charge in [0.05, 0.1) is 13.2 Å². The molecule has 0 aliphatic carbocycles. The summed E-state index contributed by atoms with van der Waals surface area (Å²) < 4.78 is 5.34. The molecule has 0 unspecified atom stereocenters. The van der Waals surface area contributed by atoms with Gasteiger partial charge < -0.3 is 20.7 Å². The summed E-state index contributed by atoms with van der Waals surface area (Å²) in [6.45, 7) is 8.90. The van der Waals surface area contributed by atoms with Gasteiger partial charge in [0.1, 0.15) is 12.0 Å². The molecule has 20 heavy (non-hydrogen) atoms. The van der Waals surface area contributed by atoms with Crippen LogP contribution in [0.4, 0.5) is 11.5 Å². The summed E-state index contributed by atoms with van der Waals surface area (Å²) >= 11 is 0. The zero-order valence-corrected chi connectivity index (χ0v) is 12.5. The van der Waals surface area contributed by atoms with E-state index in [4.69, 9.17) is 10.5 Å². The zero-order valence-electron chi connectivity index (χ0n) is 12.5. The normalized spacial score (nSPS) is 10.4. The molecule has 0 saturated heterocycles. The Morgan fingerprint density at radius 2 is 2.15 bits per heavy atom. The summed E-state index contributed by atoms with van der Waals surface area (Å²) in [5.74, 6) is 0.794. The Hall–Kier alpha value is -2.05. The van der Waals surface area contributed by atoms with Crippen LogP contribution in [0.1, 0.15) is 27.7 Å². The molecule has 7 heteroatoms. The van der Waals surface area contributed by atoms with Crippen molar-refractivity contribution in [1.29, 1.82) is 0 Å². The molecule has 7 nitrogen and oxygen atoms in total. The second-order valence-electron chi connectivity index (χ2n) is 4.59. The molecule has 1 amide bonds. The van der Waals surface area contributed by atoms with Gasteiger partial charge in [0.2, 0.25) is 11.8 Å². The van der Waals surface area contributed by atoms with Crippen molar-refractivity contribution < 1.29 is 9.53 Å². The van der Waals surface area contributed by atoms with Gasteiger partial charge >= 0.3 is 0 Å². The van der Waals surface area contributed by atoms with Gasteiger partial charge in [-0.15, -0.1) is 0 Å². The number of nitrogen functional groups attached to an aromatic ring is 1. The summed E-state index contributed by atoms with van der Waals surface area (Å²) in [6.07, 6.45) is 1.39. The van der Waals surface area contributed by atoms with Gasteiger partial charge in [0.15, 0.2) is 5.82 Å². The Bertz CT molecular complexity index is 450. The van der Waals surface area contributed by atoms with Crippen LogP contribution in [0.25, 0.3) is 0 Å². The highest BCUT2D eigenvalue weighted by molar-refractivity contribution is 5.82.